The second-order valence-electron chi connectivity index (χ2n) is 5.17. The maximum Gasteiger partial charge on any atom is 0.120 e. The minimum Gasteiger partial charge on any atom is -0.491 e. The Kier molecular flexibility index (Phi) is 6.16. The van der Waals surface area contributed by atoms with Gasteiger partial charge >= 0.3 is 0 Å². The Balaban J connectivity index is 2.72. The number of nitrogens with zero attached hydrogens (tertiary/aromatic N) is 1. The summed E-state index contributed by atoms with van der Waals surface area (Å²) in [7, 11) is 6.21. The summed E-state index contributed by atoms with van der Waals surface area (Å²) in [6.45, 7) is 5.17. The summed E-state index contributed by atoms with van der Waals surface area (Å²) in [5, 5.41) is 3.37. The smallest absolute Gasteiger partial charge is 0.120 e. The lowest BCUT2D eigenvalue weighted by molar-refractivity contribution is 0.242. The molecule has 0 aromatic heterocycles. The summed E-state index contributed by atoms with van der Waals surface area (Å²) in [6.07, 6.45) is 1.31. The first-order valence-electron chi connectivity index (χ1n) is 6.61. The molecule has 0 radical (unpaired) electrons. The van der Waals surface area contributed by atoms with E-state index in [-0.39, 0.29) is 6.10 Å². The van der Waals surface area contributed by atoms with Crippen LogP contribution in [0.5, 0.6) is 5.75 Å². The van der Waals surface area contributed by atoms with Gasteiger partial charge in [-0.3, -0.25) is 0 Å². The number of hydrogen-bond acceptors (Lipinski definition) is 3. The second-order valence-corrected chi connectivity index (χ2v) is 5.17. The minimum atomic E-state index is 0.218. The van der Waals surface area contributed by atoms with Crippen LogP contribution in [-0.4, -0.2) is 38.7 Å². The molecule has 0 saturated carbocycles. The third-order valence-corrected chi connectivity index (χ3v) is 2.85. The number of rotatable bonds is 7. The Morgan fingerprint density at radius 3 is 2.56 bits per heavy atom. The quantitative estimate of drug-likeness (QED) is 0.805. The Hall–Kier alpha value is -1.06. The predicted octanol–water partition coefficient (Wildman–Crippen LogP) is 2.69. The van der Waals surface area contributed by atoms with Crippen LogP contribution in [-0.2, 0) is 0 Å². The maximum atomic E-state index is 5.74. The first kappa shape index (κ1) is 15.0. The maximum absolute atomic E-state index is 5.74. The van der Waals surface area contributed by atoms with E-state index in [0.29, 0.717) is 6.04 Å². The van der Waals surface area contributed by atoms with Crippen LogP contribution in [0.3, 0.4) is 0 Å². The molecule has 0 saturated heterocycles. The fourth-order valence-corrected chi connectivity index (χ4v) is 1.94. The van der Waals surface area contributed by atoms with E-state index >= 15 is 0 Å². The van der Waals surface area contributed by atoms with Crippen molar-refractivity contribution in [1.29, 1.82) is 0 Å². The zero-order chi connectivity index (χ0) is 13.5. The molecule has 0 aliphatic heterocycles. The molecule has 1 rings (SSSR count). The molecular formula is C15H26N2O. The molecule has 0 aliphatic carbocycles. The average Bonchev–Trinajstić information content (AvgIpc) is 2.29. The zero-order valence-electron chi connectivity index (χ0n) is 12.2. The molecule has 3 nitrogen and oxygen atoms in total. The van der Waals surface area contributed by atoms with Gasteiger partial charge in [0.1, 0.15) is 5.75 Å². The third-order valence-electron chi connectivity index (χ3n) is 2.85. The largest absolute Gasteiger partial charge is 0.491 e. The van der Waals surface area contributed by atoms with Crippen molar-refractivity contribution in [3.63, 3.8) is 0 Å². The van der Waals surface area contributed by atoms with E-state index < -0.39 is 0 Å². The van der Waals surface area contributed by atoms with Gasteiger partial charge in [-0.05, 0) is 65.7 Å². The van der Waals surface area contributed by atoms with Crippen molar-refractivity contribution in [2.75, 3.05) is 27.7 Å². The summed E-state index contributed by atoms with van der Waals surface area (Å²) in [4.78, 5) is 2.21. The van der Waals surface area contributed by atoms with E-state index in [0.717, 1.165) is 18.7 Å². The first-order valence-corrected chi connectivity index (χ1v) is 6.61. The van der Waals surface area contributed by atoms with E-state index in [1.165, 1.54) is 5.56 Å². The minimum absolute atomic E-state index is 0.218. The van der Waals surface area contributed by atoms with Crippen LogP contribution in [0.15, 0.2) is 24.3 Å². The highest BCUT2D eigenvalue weighted by Gasteiger charge is 2.10. The summed E-state index contributed by atoms with van der Waals surface area (Å²) in [6, 6.07) is 8.75. The van der Waals surface area contributed by atoms with E-state index in [9.17, 15) is 0 Å². The molecule has 1 unspecified atom stereocenters. The van der Waals surface area contributed by atoms with E-state index in [2.05, 4.69) is 42.5 Å². The molecule has 102 valence electrons. The van der Waals surface area contributed by atoms with Crippen LogP contribution in [0.4, 0.5) is 0 Å². The Labute approximate surface area is 111 Å². The van der Waals surface area contributed by atoms with Crippen molar-refractivity contribution < 1.29 is 4.74 Å². The second kappa shape index (κ2) is 7.39. The van der Waals surface area contributed by atoms with Gasteiger partial charge in [0.2, 0.25) is 0 Å². The molecule has 0 amide bonds. The number of benzene rings is 1. The molecule has 0 fully saturated rings. The van der Waals surface area contributed by atoms with Gasteiger partial charge < -0.3 is 15.0 Å². The monoisotopic (exact) mass is 250 g/mol. The molecule has 18 heavy (non-hydrogen) atoms. The van der Waals surface area contributed by atoms with Crippen LogP contribution in [0.2, 0.25) is 0 Å². The SMILES string of the molecule is CNC(CCN(C)C)c1cccc(OC(C)C)c1. The van der Waals surface area contributed by atoms with Crippen molar-refractivity contribution in [1.82, 2.24) is 10.2 Å². The highest BCUT2D eigenvalue weighted by Crippen LogP contribution is 2.22. The van der Waals surface area contributed by atoms with Gasteiger partial charge in [-0.2, -0.15) is 0 Å². The van der Waals surface area contributed by atoms with Gasteiger partial charge in [0.15, 0.2) is 0 Å². The molecular weight excluding hydrogens is 224 g/mol. The fraction of sp³-hybridized carbons (Fsp3) is 0.600. The van der Waals surface area contributed by atoms with Gasteiger partial charge in [0, 0.05) is 6.04 Å². The Morgan fingerprint density at radius 1 is 1.28 bits per heavy atom. The molecule has 1 N–H and O–H groups in total. The normalized spacial score (nSPS) is 13.1. The van der Waals surface area contributed by atoms with Gasteiger partial charge in [0.25, 0.3) is 0 Å². The van der Waals surface area contributed by atoms with E-state index in [1.54, 1.807) is 0 Å². The van der Waals surface area contributed by atoms with Crippen LogP contribution >= 0.6 is 0 Å². The highest BCUT2D eigenvalue weighted by atomic mass is 16.5. The molecule has 1 aromatic carbocycles. The number of hydrogen-bond donors (Lipinski definition) is 1. The Bertz CT molecular complexity index is 350. The van der Waals surface area contributed by atoms with Crippen molar-refractivity contribution in [3.8, 4) is 5.75 Å². The van der Waals surface area contributed by atoms with Crippen LogP contribution in [0.25, 0.3) is 0 Å². The highest BCUT2D eigenvalue weighted by molar-refractivity contribution is 5.30. The van der Waals surface area contributed by atoms with Gasteiger partial charge in [-0.15, -0.1) is 0 Å². The molecule has 0 aliphatic rings. The van der Waals surface area contributed by atoms with Crippen LogP contribution < -0.4 is 10.1 Å². The number of ether oxygens (including phenoxy) is 1. The predicted molar refractivity (Wildman–Crippen MR) is 77.2 cm³/mol. The number of nitrogens with one attached hydrogen (secondary N) is 1. The third kappa shape index (κ3) is 5.07. The molecule has 3 heteroatoms. The Morgan fingerprint density at radius 2 is 2.00 bits per heavy atom. The van der Waals surface area contributed by atoms with Crippen LogP contribution in [0.1, 0.15) is 31.9 Å². The summed E-state index contributed by atoms with van der Waals surface area (Å²) in [5.74, 6) is 0.951. The molecule has 1 atom stereocenters. The van der Waals surface area contributed by atoms with Crippen molar-refractivity contribution in [3.05, 3.63) is 29.8 Å². The van der Waals surface area contributed by atoms with E-state index in [1.807, 2.05) is 27.0 Å². The lowest BCUT2D eigenvalue weighted by atomic mass is 10.0. The lowest BCUT2D eigenvalue weighted by Gasteiger charge is -2.20. The summed E-state index contributed by atoms with van der Waals surface area (Å²) < 4.78 is 5.74. The molecule has 1 aromatic rings. The fourth-order valence-electron chi connectivity index (χ4n) is 1.94. The van der Waals surface area contributed by atoms with Crippen LogP contribution in [0, 0.1) is 0 Å². The topological polar surface area (TPSA) is 24.5 Å². The van der Waals surface area contributed by atoms with E-state index in [4.69, 9.17) is 4.74 Å². The van der Waals surface area contributed by atoms with Gasteiger partial charge in [0.05, 0.1) is 6.10 Å². The zero-order valence-corrected chi connectivity index (χ0v) is 12.2. The van der Waals surface area contributed by atoms with Crippen molar-refractivity contribution in [2.45, 2.75) is 32.4 Å². The molecule has 0 bridgehead atoms. The molecule has 0 spiro atoms. The lowest BCUT2D eigenvalue weighted by Crippen LogP contribution is -2.23. The van der Waals surface area contributed by atoms with Crippen molar-refractivity contribution in [2.24, 2.45) is 0 Å². The van der Waals surface area contributed by atoms with Gasteiger partial charge in [-0.25, -0.2) is 0 Å². The van der Waals surface area contributed by atoms with Crippen molar-refractivity contribution >= 4 is 0 Å². The summed E-state index contributed by atoms with van der Waals surface area (Å²) >= 11 is 0. The van der Waals surface area contributed by atoms with Gasteiger partial charge in [-0.1, -0.05) is 12.1 Å². The first-order chi connectivity index (χ1) is 8.52. The molecule has 0 heterocycles. The summed E-state index contributed by atoms with van der Waals surface area (Å²) in [5.41, 5.74) is 1.29. The average molecular weight is 250 g/mol. The standard InChI is InChI=1S/C15H26N2O/c1-12(2)18-14-8-6-7-13(11-14)15(16-3)9-10-17(4)5/h6-8,11-12,15-16H,9-10H2,1-5H3.